The van der Waals surface area contributed by atoms with Crippen molar-refractivity contribution in [1.82, 2.24) is 15.5 Å². The average molecular weight is 398 g/mol. The summed E-state index contributed by atoms with van der Waals surface area (Å²) in [6, 6.07) is 15.6. The van der Waals surface area contributed by atoms with E-state index in [2.05, 4.69) is 60.6 Å². The van der Waals surface area contributed by atoms with Gasteiger partial charge in [0.1, 0.15) is 5.82 Å². The van der Waals surface area contributed by atoms with E-state index >= 15 is 0 Å². The summed E-state index contributed by atoms with van der Waals surface area (Å²) in [4.78, 5) is 15.1. The maximum atomic E-state index is 13.8. The quantitative estimate of drug-likeness (QED) is 0.717. The molecule has 3 rings (SSSR count). The minimum Gasteiger partial charge on any atom is -0.354 e. The monoisotopic (exact) mass is 397 g/mol. The molecule has 1 aliphatic rings. The number of nitrogens with one attached hydrogen (secondary N) is 2. The molecule has 5 heteroatoms. The van der Waals surface area contributed by atoms with Crippen molar-refractivity contribution in [3.05, 3.63) is 71.0 Å². The number of carbonyl (C=O) groups excluding carboxylic acids is 1. The normalized spacial score (nSPS) is 19.6. The molecule has 0 aromatic heterocycles. The van der Waals surface area contributed by atoms with Crippen molar-refractivity contribution in [2.45, 2.75) is 58.3 Å². The number of hydrogen-bond donors (Lipinski definition) is 2. The lowest BCUT2D eigenvalue weighted by Gasteiger charge is -2.27. The fraction of sp³-hybridized carbons (Fsp3) is 0.458. The summed E-state index contributed by atoms with van der Waals surface area (Å²) in [7, 11) is 0. The molecule has 4 nitrogen and oxygen atoms in total. The van der Waals surface area contributed by atoms with Gasteiger partial charge in [0, 0.05) is 31.7 Å². The van der Waals surface area contributed by atoms with Crippen LogP contribution in [0, 0.1) is 12.7 Å². The Hall–Kier alpha value is -2.24. The van der Waals surface area contributed by atoms with Crippen molar-refractivity contribution in [2.75, 3.05) is 13.1 Å². The van der Waals surface area contributed by atoms with Crippen LogP contribution in [0.3, 0.4) is 0 Å². The Kier molecular flexibility index (Phi) is 7.40. The van der Waals surface area contributed by atoms with Crippen LogP contribution >= 0.6 is 0 Å². The minimum atomic E-state index is -0.216. The van der Waals surface area contributed by atoms with Crippen LogP contribution in [-0.2, 0) is 17.8 Å². The second-order valence-electron chi connectivity index (χ2n) is 8.24. The van der Waals surface area contributed by atoms with Crippen molar-refractivity contribution >= 4 is 5.91 Å². The van der Waals surface area contributed by atoms with Gasteiger partial charge < -0.3 is 10.6 Å². The molecule has 156 valence electrons. The van der Waals surface area contributed by atoms with Gasteiger partial charge in [0.15, 0.2) is 0 Å². The Morgan fingerprint density at radius 2 is 2.00 bits per heavy atom. The molecule has 1 aliphatic heterocycles. The van der Waals surface area contributed by atoms with Crippen molar-refractivity contribution in [2.24, 2.45) is 0 Å². The molecule has 1 saturated heterocycles. The van der Waals surface area contributed by atoms with E-state index in [4.69, 9.17) is 0 Å². The summed E-state index contributed by atoms with van der Waals surface area (Å²) in [5.41, 5.74) is 3.16. The van der Waals surface area contributed by atoms with Crippen LogP contribution < -0.4 is 10.6 Å². The molecular weight excluding hydrogens is 365 g/mol. The van der Waals surface area contributed by atoms with Gasteiger partial charge in [-0.2, -0.15) is 0 Å². The van der Waals surface area contributed by atoms with Crippen LogP contribution in [0.1, 0.15) is 37.0 Å². The van der Waals surface area contributed by atoms with Gasteiger partial charge in [-0.15, -0.1) is 0 Å². The molecule has 2 aromatic carbocycles. The van der Waals surface area contributed by atoms with Crippen molar-refractivity contribution in [3.63, 3.8) is 0 Å². The molecule has 0 saturated carbocycles. The van der Waals surface area contributed by atoms with Crippen LogP contribution in [0.15, 0.2) is 48.5 Å². The van der Waals surface area contributed by atoms with Crippen molar-refractivity contribution < 1.29 is 9.18 Å². The summed E-state index contributed by atoms with van der Waals surface area (Å²) < 4.78 is 13.8. The van der Waals surface area contributed by atoms with E-state index in [9.17, 15) is 9.18 Å². The minimum absolute atomic E-state index is 0.0369. The Labute approximate surface area is 173 Å². The highest BCUT2D eigenvalue weighted by Gasteiger charge is 2.37. The zero-order valence-electron chi connectivity index (χ0n) is 17.6. The van der Waals surface area contributed by atoms with Crippen LogP contribution in [0.5, 0.6) is 0 Å². The van der Waals surface area contributed by atoms with Crippen LogP contribution in [0.25, 0.3) is 0 Å². The summed E-state index contributed by atoms with van der Waals surface area (Å²) in [5, 5.41) is 6.62. The molecule has 2 N–H and O–H groups in total. The Morgan fingerprint density at radius 1 is 1.21 bits per heavy atom. The number of rotatable bonds is 8. The fourth-order valence-corrected chi connectivity index (χ4v) is 4.06. The summed E-state index contributed by atoms with van der Waals surface area (Å²) in [5.74, 6) is -0.179. The largest absolute Gasteiger partial charge is 0.354 e. The molecular formula is C24H32FN3O. The summed E-state index contributed by atoms with van der Waals surface area (Å²) in [6.07, 6.45) is 1.29. The van der Waals surface area contributed by atoms with E-state index in [1.165, 1.54) is 17.2 Å². The van der Waals surface area contributed by atoms with Crippen LogP contribution in [0.4, 0.5) is 4.39 Å². The van der Waals surface area contributed by atoms with E-state index in [0.29, 0.717) is 24.6 Å². The lowest BCUT2D eigenvalue weighted by atomic mass is 10.1. The maximum absolute atomic E-state index is 13.8. The molecule has 29 heavy (non-hydrogen) atoms. The second kappa shape index (κ2) is 9.99. The first-order chi connectivity index (χ1) is 13.9. The topological polar surface area (TPSA) is 44.4 Å². The van der Waals surface area contributed by atoms with Crippen molar-refractivity contribution in [3.8, 4) is 0 Å². The fourth-order valence-electron chi connectivity index (χ4n) is 4.06. The third-order valence-electron chi connectivity index (χ3n) is 5.63. The number of hydrogen-bond acceptors (Lipinski definition) is 3. The Balaban J connectivity index is 1.52. The van der Waals surface area contributed by atoms with E-state index in [1.807, 2.05) is 6.07 Å². The predicted molar refractivity (Wildman–Crippen MR) is 115 cm³/mol. The summed E-state index contributed by atoms with van der Waals surface area (Å²) in [6.45, 7) is 8.46. The smallest absolute Gasteiger partial charge is 0.237 e. The van der Waals surface area contributed by atoms with E-state index < -0.39 is 0 Å². The standard InChI is InChI=1S/C24H32FN3O/c1-17(2)28-16-21(27-15-19-8-6-7-18(3)13-19)14-23(28)24(29)26-12-11-20-9-4-5-10-22(20)25/h4-10,13,17,21,23,27H,11-12,14-16H2,1-3H3,(H,26,29)/t21-,23+/m1/s1. The van der Waals surface area contributed by atoms with Gasteiger partial charge in [-0.3, -0.25) is 9.69 Å². The molecule has 0 aliphatic carbocycles. The molecule has 1 heterocycles. The molecule has 2 atom stereocenters. The molecule has 1 amide bonds. The zero-order valence-corrected chi connectivity index (χ0v) is 17.6. The zero-order chi connectivity index (χ0) is 20.8. The summed E-state index contributed by atoms with van der Waals surface area (Å²) >= 11 is 0. The third kappa shape index (κ3) is 5.87. The highest BCUT2D eigenvalue weighted by Crippen LogP contribution is 2.21. The molecule has 0 unspecified atom stereocenters. The average Bonchev–Trinajstić information content (AvgIpc) is 3.13. The number of carbonyl (C=O) groups is 1. The van der Waals surface area contributed by atoms with E-state index in [1.54, 1.807) is 12.1 Å². The first-order valence-electron chi connectivity index (χ1n) is 10.5. The number of benzene rings is 2. The van der Waals surface area contributed by atoms with E-state index in [0.717, 1.165) is 19.5 Å². The lowest BCUT2D eigenvalue weighted by molar-refractivity contribution is -0.126. The van der Waals surface area contributed by atoms with Gasteiger partial charge in [0.05, 0.1) is 6.04 Å². The molecule has 0 spiro atoms. The number of halogens is 1. The highest BCUT2D eigenvalue weighted by atomic mass is 19.1. The molecule has 0 bridgehead atoms. The van der Waals surface area contributed by atoms with Gasteiger partial charge in [0.2, 0.25) is 5.91 Å². The third-order valence-corrected chi connectivity index (χ3v) is 5.63. The molecule has 0 radical (unpaired) electrons. The van der Waals surface area contributed by atoms with Gasteiger partial charge in [0.25, 0.3) is 0 Å². The second-order valence-corrected chi connectivity index (χ2v) is 8.24. The van der Waals surface area contributed by atoms with E-state index in [-0.39, 0.29) is 23.8 Å². The highest BCUT2D eigenvalue weighted by molar-refractivity contribution is 5.82. The number of amides is 1. The Bertz CT molecular complexity index is 823. The Morgan fingerprint density at radius 3 is 2.72 bits per heavy atom. The number of likely N-dealkylation sites (tertiary alicyclic amines) is 1. The van der Waals surface area contributed by atoms with Gasteiger partial charge >= 0.3 is 0 Å². The maximum Gasteiger partial charge on any atom is 0.237 e. The molecule has 2 aromatic rings. The van der Waals surface area contributed by atoms with Gasteiger partial charge in [-0.1, -0.05) is 48.0 Å². The van der Waals surface area contributed by atoms with Gasteiger partial charge in [-0.25, -0.2) is 4.39 Å². The molecule has 1 fully saturated rings. The SMILES string of the molecule is Cc1cccc(CN[C@@H]2C[C@@H](C(=O)NCCc3ccccc3F)N(C(C)C)C2)c1. The predicted octanol–water partition coefficient (Wildman–Crippen LogP) is 3.43. The first kappa shape index (κ1) is 21.5. The lowest BCUT2D eigenvalue weighted by Crippen LogP contribution is -2.46. The van der Waals surface area contributed by atoms with Crippen LogP contribution in [-0.4, -0.2) is 42.0 Å². The van der Waals surface area contributed by atoms with Gasteiger partial charge in [-0.05, 0) is 50.8 Å². The van der Waals surface area contributed by atoms with Crippen LogP contribution in [0.2, 0.25) is 0 Å². The number of nitrogens with zero attached hydrogens (tertiary/aromatic N) is 1. The van der Waals surface area contributed by atoms with Crippen molar-refractivity contribution in [1.29, 1.82) is 0 Å². The first-order valence-corrected chi connectivity index (χ1v) is 10.5. The number of aryl methyl sites for hydroxylation is 1.